The maximum atomic E-state index is 5.32. The van der Waals surface area contributed by atoms with Crippen molar-refractivity contribution in [3.05, 3.63) is 24.0 Å². The number of hydrogen-bond donors (Lipinski definition) is 1. The predicted octanol–water partition coefficient (Wildman–Crippen LogP) is 2.16. The van der Waals surface area contributed by atoms with E-state index in [1.165, 1.54) is 0 Å². The summed E-state index contributed by atoms with van der Waals surface area (Å²) >= 11 is 0. The van der Waals surface area contributed by atoms with Gasteiger partial charge < -0.3 is 9.84 Å². The zero-order valence-corrected chi connectivity index (χ0v) is 12.3. The van der Waals surface area contributed by atoms with Crippen LogP contribution in [0.25, 0.3) is 11.5 Å². The van der Waals surface area contributed by atoms with Crippen LogP contribution in [0.5, 0.6) is 0 Å². The van der Waals surface area contributed by atoms with Gasteiger partial charge in [-0.25, -0.2) is 9.97 Å². The van der Waals surface area contributed by atoms with Gasteiger partial charge in [-0.3, -0.25) is 0 Å². The van der Waals surface area contributed by atoms with Gasteiger partial charge in [0.1, 0.15) is 11.5 Å². The Morgan fingerprint density at radius 2 is 2.15 bits per heavy atom. The first kappa shape index (κ1) is 14.6. The molecule has 6 heteroatoms. The molecule has 0 saturated carbocycles. The van der Waals surface area contributed by atoms with Gasteiger partial charge in [0.25, 0.3) is 0 Å². The lowest BCUT2D eigenvalue weighted by Crippen LogP contribution is -2.30. The van der Waals surface area contributed by atoms with Gasteiger partial charge in [0.2, 0.25) is 11.7 Å². The fraction of sp³-hybridized carbons (Fsp3) is 0.571. The molecular formula is C14H21N5O. The van der Waals surface area contributed by atoms with E-state index in [0.717, 1.165) is 25.8 Å². The van der Waals surface area contributed by atoms with Crippen LogP contribution < -0.4 is 5.32 Å². The molecular weight excluding hydrogens is 254 g/mol. The molecule has 0 bridgehead atoms. The molecule has 20 heavy (non-hydrogen) atoms. The van der Waals surface area contributed by atoms with Crippen molar-refractivity contribution in [2.24, 2.45) is 0 Å². The van der Waals surface area contributed by atoms with Gasteiger partial charge in [0.15, 0.2) is 0 Å². The summed E-state index contributed by atoms with van der Waals surface area (Å²) in [6.45, 7) is 7.06. The molecule has 108 valence electrons. The summed E-state index contributed by atoms with van der Waals surface area (Å²) in [6, 6.07) is 2.17. The standard InChI is InChI=1S/C14H21N5O/c1-4-6-11(15-5-2)9-13-18-14(19-20-13)12-7-8-16-10(3)17-12/h7-8,11,15H,4-6,9H2,1-3H3. The Bertz CT molecular complexity index is 534. The minimum absolute atomic E-state index is 0.380. The van der Waals surface area contributed by atoms with E-state index in [2.05, 4.69) is 39.3 Å². The molecule has 0 aliphatic heterocycles. The molecule has 2 heterocycles. The lowest BCUT2D eigenvalue weighted by atomic mass is 10.1. The van der Waals surface area contributed by atoms with Crippen LogP contribution in [0.1, 0.15) is 38.4 Å². The lowest BCUT2D eigenvalue weighted by molar-refractivity contribution is 0.352. The van der Waals surface area contributed by atoms with Crippen LogP contribution in [0, 0.1) is 6.92 Å². The number of rotatable bonds is 7. The van der Waals surface area contributed by atoms with Crippen LogP contribution in [0.3, 0.4) is 0 Å². The Hall–Kier alpha value is -1.82. The van der Waals surface area contributed by atoms with Gasteiger partial charge in [-0.1, -0.05) is 25.4 Å². The topological polar surface area (TPSA) is 76.7 Å². The van der Waals surface area contributed by atoms with Crippen LogP contribution >= 0.6 is 0 Å². The molecule has 2 rings (SSSR count). The van der Waals surface area contributed by atoms with Crippen molar-refractivity contribution in [2.45, 2.75) is 46.1 Å². The Morgan fingerprint density at radius 3 is 2.85 bits per heavy atom. The summed E-state index contributed by atoms with van der Waals surface area (Å²) < 4.78 is 5.32. The zero-order chi connectivity index (χ0) is 14.4. The van der Waals surface area contributed by atoms with E-state index in [4.69, 9.17) is 4.52 Å². The second-order valence-corrected chi connectivity index (χ2v) is 4.75. The zero-order valence-electron chi connectivity index (χ0n) is 12.3. The van der Waals surface area contributed by atoms with Crippen LogP contribution in [0.4, 0.5) is 0 Å². The molecule has 0 spiro atoms. The largest absolute Gasteiger partial charge is 0.339 e. The highest BCUT2D eigenvalue weighted by atomic mass is 16.5. The van der Waals surface area contributed by atoms with Crippen molar-refractivity contribution < 1.29 is 4.52 Å². The van der Waals surface area contributed by atoms with E-state index < -0.39 is 0 Å². The first-order chi connectivity index (χ1) is 9.72. The molecule has 1 atom stereocenters. The molecule has 0 amide bonds. The van der Waals surface area contributed by atoms with Crippen LogP contribution in [0.15, 0.2) is 16.8 Å². The summed E-state index contributed by atoms with van der Waals surface area (Å²) in [7, 11) is 0. The van der Waals surface area contributed by atoms with Crippen LogP contribution in [-0.4, -0.2) is 32.7 Å². The fourth-order valence-corrected chi connectivity index (χ4v) is 2.15. The smallest absolute Gasteiger partial charge is 0.228 e. The molecule has 0 aromatic carbocycles. The number of aromatic nitrogens is 4. The number of nitrogens with one attached hydrogen (secondary N) is 1. The normalized spacial score (nSPS) is 12.6. The van der Waals surface area contributed by atoms with Crippen molar-refractivity contribution in [3.63, 3.8) is 0 Å². The highest BCUT2D eigenvalue weighted by molar-refractivity contribution is 5.46. The molecule has 0 fully saturated rings. The van der Waals surface area contributed by atoms with Gasteiger partial charge in [-0.15, -0.1) is 0 Å². The second-order valence-electron chi connectivity index (χ2n) is 4.75. The minimum atomic E-state index is 0.380. The van der Waals surface area contributed by atoms with Gasteiger partial charge in [0.05, 0.1) is 0 Å². The van der Waals surface area contributed by atoms with Crippen molar-refractivity contribution >= 4 is 0 Å². The summed E-state index contributed by atoms with van der Waals surface area (Å²) in [6.07, 6.45) is 4.67. The number of nitrogens with zero attached hydrogens (tertiary/aromatic N) is 4. The molecule has 6 nitrogen and oxygen atoms in total. The van der Waals surface area contributed by atoms with E-state index in [0.29, 0.717) is 29.3 Å². The highest BCUT2D eigenvalue weighted by Gasteiger charge is 2.14. The first-order valence-corrected chi connectivity index (χ1v) is 7.09. The van der Waals surface area contributed by atoms with E-state index in [-0.39, 0.29) is 0 Å². The van der Waals surface area contributed by atoms with Gasteiger partial charge in [0, 0.05) is 18.7 Å². The SMILES string of the molecule is CCCC(Cc1nc(-c2ccnc(C)n2)no1)NCC. The van der Waals surface area contributed by atoms with E-state index in [1.807, 2.05) is 6.92 Å². The molecule has 0 saturated heterocycles. The van der Waals surface area contributed by atoms with Crippen LogP contribution in [0.2, 0.25) is 0 Å². The number of likely N-dealkylation sites (N-methyl/N-ethyl adjacent to an activating group) is 1. The molecule has 1 N–H and O–H groups in total. The molecule has 0 radical (unpaired) electrons. The Kier molecular flexibility index (Phi) is 5.17. The molecule has 0 aliphatic carbocycles. The molecule has 0 aliphatic rings. The third kappa shape index (κ3) is 3.84. The average Bonchev–Trinajstić information content (AvgIpc) is 2.88. The minimum Gasteiger partial charge on any atom is -0.339 e. The number of aryl methyl sites for hydroxylation is 1. The van der Waals surface area contributed by atoms with Gasteiger partial charge in [-0.2, -0.15) is 4.98 Å². The van der Waals surface area contributed by atoms with Gasteiger partial charge in [-0.05, 0) is 26.0 Å². The van der Waals surface area contributed by atoms with Gasteiger partial charge >= 0.3 is 0 Å². The van der Waals surface area contributed by atoms with E-state index in [9.17, 15) is 0 Å². The van der Waals surface area contributed by atoms with Crippen molar-refractivity contribution in [1.29, 1.82) is 0 Å². The quantitative estimate of drug-likeness (QED) is 0.834. The molecule has 2 aromatic rings. The molecule has 2 aromatic heterocycles. The lowest BCUT2D eigenvalue weighted by Gasteiger charge is -2.14. The Morgan fingerprint density at radius 1 is 1.30 bits per heavy atom. The van der Waals surface area contributed by atoms with Crippen molar-refractivity contribution in [1.82, 2.24) is 25.4 Å². The third-order valence-electron chi connectivity index (χ3n) is 3.02. The summed E-state index contributed by atoms with van der Waals surface area (Å²) in [5, 5.41) is 7.43. The summed E-state index contributed by atoms with van der Waals surface area (Å²) in [5.74, 6) is 1.87. The maximum absolute atomic E-state index is 5.32. The Balaban J connectivity index is 2.08. The van der Waals surface area contributed by atoms with Crippen molar-refractivity contribution in [2.75, 3.05) is 6.54 Å². The van der Waals surface area contributed by atoms with Crippen LogP contribution in [-0.2, 0) is 6.42 Å². The summed E-state index contributed by atoms with van der Waals surface area (Å²) in [4.78, 5) is 12.8. The predicted molar refractivity (Wildman–Crippen MR) is 76.1 cm³/mol. The first-order valence-electron chi connectivity index (χ1n) is 7.09. The number of hydrogen-bond acceptors (Lipinski definition) is 6. The maximum Gasteiger partial charge on any atom is 0.228 e. The molecule has 1 unspecified atom stereocenters. The van der Waals surface area contributed by atoms with E-state index >= 15 is 0 Å². The highest BCUT2D eigenvalue weighted by Crippen LogP contribution is 2.14. The van der Waals surface area contributed by atoms with E-state index in [1.54, 1.807) is 12.3 Å². The van der Waals surface area contributed by atoms with Crippen molar-refractivity contribution in [3.8, 4) is 11.5 Å². The fourth-order valence-electron chi connectivity index (χ4n) is 2.15. The average molecular weight is 275 g/mol. The monoisotopic (exact) mass is 275 g/mol. The second kappa shape index (κ2) is 7.09. The summed E-state index contributed by atoms with van der Waals surface area (Å²) in [5.41, 5.74) is 0.697. The Labute approximate surface area is 119 Å². The third-order valence-corrected chi connectivity index (χ3v) is 3.02.